The van der Waals surface area contributed by atoms with Gasteiger partial charge in [0.2, 0.25) is 17.1 Å². The molecule has 1 aromatic heterocycles. The normalized spacial score (nSPS) is 12.5. The van der Waals surface area contributed by atoms with Gasteiger partial charge in [0.25, 0.3) is 0 Å². The van der Waals surface area contributed by atoms with E-state index in [-0.39, 0.29) is 23.9 Å². The summed E-state index contributed by atoms with van der Waals surface area (Å²) < 4.78 is 54.6. The molecule has 30 heavy (non-hydrogen) atoms. The van der Waals surface area contributed by atoms with E-state index < -0.39 is 52.3 Å². The molecule has 0 fully saturated rings. The van der Waals surface area contributed by atoms with Crippen LogP contribution < -0.4 is 15.5 Å². The SMILES string of the molecule is Cc1oc2c(F)c(OCC(O)CNC(C)C)c(F)c(F)c2c(=O)c1-c1ccccc1. The molecule has 0 spiro atoms. The van der Waals surface area contributed by atoms with Crippen LogP contribution in [0.2, 0.25) is 0 Å². The van der Waals surface area contributed by atoms with Crippen molar-refractivity contribution in [2.75, 3.05) is 13.2 Å². The number of aryl methyl sites for hydroxylation is 1. The second-order valence-corrected chi connectivity index (χ2v) is 7.23. The van der Waals surface area contributed by atoms with Crippen LogP contribution in [-0.4, -0.2) is 30.4 Å². The molecule has 1 unspecified atom stereocenters. The van der Waals surface area contributed by atoms with E-state index in [0.29, 0.717) is 5.56 Å². The molecule has 0 aliphatic carbocycles. The Morgan fingerprint density at radius 3 is 2.40 bits per heavy atom. The van der Waals surface area contributed by atoms with Crippen LogP contribution in [-0.2, 0) is 0 Å². The average molecular weight is 421 g/mol. The molecule has 1 atom stereocenters. The quantitative estimate of drug-likeness (QED) is 0.566. The molecule has 160 valence electrons. The van der Waals surface area contributed by atoms with E-state index in [1.54, 1.807) is 30.3 Å². The Hall–Kier alpha value is -2.84. The summed E-state index contributed by atoms with van der Waals surface area (Å²) in [5.74, 6) is -5.55. The minimum atomic E-state index is -1.65. The minimum absolute atomic E-state index is 0.0182. The maximum absolute atomic E-state index is 14.9. The number of benzene rings is 2. The molecule has 0 saturated heterocycles. The van der Waals surface area contributed by atoms with Crippen LogP contribution in [0, 0.1) is 24.4 Å². The number of hydrogen-bond donors (Lipinski definition) is 2. The summed E-state index contributed by atoms with van der Waals surface area (Å²) in [5.41, 5.74) is -1.17. The zero-order valence-corrected chi connectivity index (χ0v) is 16.8. The maximum atomic E-state index is 14.9. The van der Waals surface area contributed by atoms with E-state index in [1.807, 2.05) is 13.8 Å². The lowest BCUT2D eigenvalue weighted by molar-refractivity contribution is 0.0994. The van der Waals surface area contributed by atoms with Crippen LogP contribution in [0.5, 0.6) is 5.75 Å². The maximum Gasteiger partial charge on any atom is 0.211 e. The summed E-state index contributed by atoms with van der Waals surface area (Å²) >= 11 is 0. The molecule has 3 rings (SSSR count). The molecular formula is C22H22F3NO4. The average Bonchev–Trinajstić information content (AvgIpc) is 2.71. The van der Waals surface area contributed by atoms with Crippen LogP contribution in [0.1, 0.15) is 19.6 Å². The van der Waals surface area contributed by atoms with Gasteiger partial charge in [0.1, 0.15) is 23.9 Å². The summed E-state index contributed by atoms with van der Waals surface area (Å²) in [6.45, 7) is 4.79. The summed E-state index contributed by atoms with van der Waals surface area (Å²) in [5, 5.41) is 12.0. The zero-order valence-electron chi connectivity index (χ0n) is 16.8. The van der Waals surface area contributed by atoms with E-state index in [0.717, 1.165) is 0 Å². The number of nitrogens with one attached hydrogen (secondary N) is 1. The molecule has 0 amide bonds. The second kappa shape index (κ2) is 8.89. The molecule has 2 aromatic carbocycles. The van der Waals surface area contributed by atoms with Gasteiger partial charge in [-0.1, -0.05) is 44.2 Å². The standard InChI is InChI=1S/C22H22F3NO4/c1-11(2)26-9-14(27)10-29-22-18(24)17(23)16-20(28)15(13-7-5-4-6-8-13)12(3)30-21(16)19(22)25/h4-8,11,14,26-27H,9-10H2,1-3H3. The van der Waals surface area contributed by atoms with Gasteiger partial charge in [-0.25, -0.2) is 4.39 Å². The Balaban J connectivity index is 2.06. The number of aliphatic hydroxyl groups is 1. The third-order valence-electron chi connectivity index (χ3n) is 4.54. The van der Waals surface area contributed by atoms with Crippen LogP contribution in [0.15, 0.2) is 39.5 Å². The molecule has 0 aliphatic heterocycles. The van der Waals surface area contributed by atoms with Crippen molar-refractivity contribution in [2.24, 2.45) is 0 Å². The van der Waals surface area contributed by atoms with E-state index >= 15 is 0 Å². The Labute approximate surface area is 171 Å². The van der Waals surface area contributed by atoms with Crippen molar-refractivity contribution in [3.8, 4) is 16.9 Å². The van der Waals surface area contributed by atoms with Crippen molar-refractivity contribution in [3.63, 3.8) is 0 Å². The highest BCUT2D eigenvalue weighted by molar-refractivity contribution is 5.85. The highest BCUT2D eigenvalue weighted by Crippen LogP contribution is 2.34. The molecule has 2 N–H and O–H groups in total. The Kier molecular flexibility index (Phi) is 6.48. The van der Waals surface area contributed by atoms with Crippen LogP contribution in [0.25, 0.3) is 22.1 Å². The summed E-state index contributed by atoms with van der Waals surface area (Å²) in [6, 6.07) is 8.39. The van der Waals surface area contributed by atoms with Gasteiger partial charge in [-0.3, -0.25) is 4.79 Å². The summed E-state index contributed by atoms with van der Waals surface area (Å²) in [4.78, 5) is 12.9. The summed E-state index contributed by atoms with van der Waals surface area (Å²) in [6.07, 6.45) is -1.08. The number of rotatable bonds is 7. The number of fused-ring (bicyclic) bond motifs is 1. The Morgan fingerprint density at radius 1 is 1.10 bits per heavy atom. The second-order valence-electron chi connectivity index (χ2n) is 7.23. The number of hydrogen-bond acceptors (Lipinski definition) is 5. The first kappa shape index (κ1) is 21.9. The zero-order chi connectivity index (χ0) is 22.0. The van der Waals surface area contributed by atoms with Crippen molar-refractivity contribution in [1.29, 1.82) is 0 Å². The van der Waals surface area contributed by atoms with Crippen molar-refractivity contribution in [3.05, 3.63) is 63.8 Å². The van der Waals surface area contributed by atoms with Gasteiger partial charge >= 0.3 is 0 Å². The van der Waals surface area contributed by atoms with Gasteiger partial charge in [-0.15, -0.1) is 0 Å². The third kappa shape index (κ3) is 4.20. The molecule has 0 radical (unpaired) electrons. The molecular weight excluding hydrogens is 399 g/mol. The molecule has 3 aromatic rings. The first-order valence-electron chi connectivity index (χ1n) is 9.45. The molecule has 0 saturated carbocycles. The first-order chi connectivity index (χ1) is 14.2. The van der Waals surface area contributed by atoms with Crippen molar-refractivity contribution < 1.29 is 27.4 Å². The molecule has 5 nitrogen and oxygen atoms in total. The van der Waals surface area contributed by atoms with Crippen molar-refractivity contribution in [1.82, 2.24) is 5.32 Å². The monoisotopic (exact) mass is 421 g/mol. The lowest BCUT2D eigenvalue weighted by atomic mass is 10.0. The molecule has 8 heteroatoms. The predicted molar refractivity (Wildman–Crippen MR) is 107 cm³/mol. The van der Waals surface area contributed by atoms with E-state index in [9.17, 15) is 23.1 Å². The van der Waals surface area contributed by atoms with Crippen molar-refractivity contribution >= 4 is 11.0 Å². The number of halogens is 3. The molecule has 0 aliphatic rings. The lowest BCUT2D eigenvalue weighted by Gasteiger charge is -2.16. The van der Waals surface area contributed by atoms with Crippen LogP contribution in [0.3, 0.4) is 0 Å². The fourth-order valence-corrected chi connectivity index (χ4v) is 3.08. The Morgan fingerprint density at radius 2 is 1.77 bits per heavy atom. The van der Waals surface area contributed by atoms with Gasteiger partial charge in [-0.2, -0.15) is 8.78 Å². The third-order valence-corrected chi connectivity index (χ3v) is 4.54. The van der Waals surface area contributed by atoms with Crippen molar-refractivity contribution in [2.45, 2.75) is 32.9 Å². The van der Waals surface area contributed by atoms with E-state index in [4.69, 9.17) is 9.15 Å². The fourth-order valence-electron chi connectivity index (χ4n) is 3.08. The fraction of sp³-hybridized carbons (Fsp3) is 0.318. The lowest BCUT2D eigenvalue weighted by Crippen LogP contribution is -2.35. The van der Waals surface area contributed by atoms with Crippen LogP contribution >= 0.6 is 0 Å². The number of aliphatic hydroxyl groups excluding tert-OH is 1. The van der Waals surface area contributed by atoms with Gasteiger partial charge in [-0.05, 0) is 12.5 Å². The molecule has 1 heterocycles. The largest absolute Gasteiger partial charge is 0.485 e. The highest BCUT2D eigenvalue weighted by Gasteiger charge is 2.28. The molecule has 0 bridgehead atoms. The Bertz CT molecular complexity index is 1110. The van der Waals surface area contributed by atoms with Gasteiger partial charge in [0, 0.05) is 12.6 Å². The van der Waals surface area contributed by atoms with E-state index in [1.165, 1.54) is 6.92 Å². The van der Waals surface area contributed by atoms with Crippen LogP contribution in [0.4, 0.5) is 13.2 Å². The topological polar surface area (TPSA) is 71.7 Å². The van der Waals surface area contributed by atoms with Gasteiger partial charge in [0.15, 0.2) is 17.1 Å². The minimum Gasteiger partial charge on any atom is -0.485 e. The van der Waals surface area contributed by atoms with Gasteiger partial charge in [0.05, 0.1) is 5.56 Å². The number of ether oxygens (including phenoxy) is 1. The summed E-state index contributed by atoms with van der Waals surface area (Å²) in [7, 11) is 0. The smallest absolute Gasteiger partial charge is 0.211 e. The predicted octanol–water partition coefficient (Wildman–Crippen LogP) is 3.92. The van der Waals surface area contributed by atoms with Gasteiger partial charge < -0.3 is 19.6 Å². The highest BCUT2D eigenvalue weighted by atomic mass is 19.2. The van der Waals surface area contributed by atoms with E-state index in [2.05, 4.69) is 5.32 Å². The first-order valence-corrected chi connectivity index (χ1v) is 9.45.